The molecule has 1 aromatic heterocycles. The fraction of sp³-hybridized carbons (Fsp3) is 0.458. The van der Waals surface area contributed by atoms with Crippen LogP contribution in [-0.4, -0.2) is 85.0 Å². The molecule has 0 unspecified atom stereocenters. The number of piperazine rings is 1. The minimum Gasteiger partial charge on any atom is -0.450 e. The molecule has 0 saturated carbocycles. The molecule has 1 aliphatic rings. The van der Waals surface area contributed by atoms with Crippen LogP contribution in [-0.2, 0) is 21.3 Å². The molecular weight excluding hydrogens is 472 g/mol. The van der Waals surface area contributed by atoms with Crippen LogP contribution in [0.4, 0.5) is 4.79 Å². The van der Waals surface area contributed by atoms with Gasteiger partial charge >= 0.3 is 6.09 Å². The number of pyridine rings is 1. The van der Waals surface area contributed by atoms with Gasteiger partial charge in [0.05, 0.1) is 17.0 Å². The molecule has 11 heteroatoms. The van der Waals surface area contributed by atoms with Gasteiger partial charge in [-0.05, 0) is 25.1 Å². The van der Waals surface area contributed by atoms with Gasteiger partial charge in [0.15, 0.2) is 0 Å². The van der Waals surface area contributed by atoms with E-state index in [0.717, 1.165) is 0 Å². The molecule has 2 heterocycles. The van der Waals surface area contributed by atoms with Gasteiger partial charge in [-0.2, -0.15) is 4.31 Å². The van der Waals surface area contributed by atoms with E-state index in [4.69, 9.17) is 4.74 Å². The molecule has 190 valence electrons. The fourth-order valence-corrected chi connectivity index (χ4v) is 5.65. The van der Waals surface area contributed by atoms with E-state index in [1.165, 1.54) is 32.4 Å². The third kappa shape index (κ3) is 5.25. The van der Waals surface area contributed by atoms with Crippen molar-refractivity contribution in [2.24, 2.45) is 0 Å². The second kappa shape index (κ2) is 11.0. The van der Waals surface area contributed by atoms with Gasteiger partial charge < -0.3 is 19.1 Å². The summed E-state index contributed by atoms with van der Waals surface area (Å²) in [6.45, 7) is 11.3. The lowest BCUT2D eigenvalue weighted by atomic mass is 10.1. The Kier molecular flexibility index (Phi) is 8.34. The Morgan fingerprint density at radius 3 is 2.29 bits per heavy atom. The molecule has 3 rings (SSSR count). The Morgan fingerprint density at radius 2 is 1.71 bits per heavy atom. The molecule has 10 nitrogen and oxygen atoms in total. The molecule has 0 bridgehead atoms. The number of carbonyl (C=O) groups excluding carboxylic acids is 2. The number of ether oxygens (including phenoxy) is 1. The molecular formula is C24H32N4O6S. The Balaban J connectivity index is 2.02. The molecule has 2 aromatic rings. The summed E-state index contributed by atoms with van der Waals surface area (Å²) in [5.41, 5.74) is -0.0758. The summed E-state index contributed by atoms with van der Waals surface area (Å²) in [6, 6.07) is 4.41. The lowest BCUT2D eigenvalue weighted by Crippen LogP contribution is -2.51. The maximum absolute atomic E-state index is 13.4. The quantitative estimate of drug-likeness (QED) is 0.510. The zero-order valence-corrected chi connectivity index (χ0v) is 21.2. The van der Waals surface area contributed by atoms with Crippen molar-refractivity contribution in [1.29, 1.82) is 0 Å². The first-order valence-electron chi connectivity index (χ1n) is 11.7. The van der Waals surface area contributed by atoms with Crippen molar-refractivity contribution in [3.63, 3.8) is 0 Å². The maximum atomic E-state index is 13.4. The topological polar surface area (TPSA) is 109 Å². The number of nitrogens with zero attached hydrogens (tertiary/aromatic N) is 4. The number of sulfonamides is 1. The third-order valence-electron chi connectivity index (χ3n) is 6.04. The zero-order valence-electron chi connectivity index (χ0n) is 20.4. The maximum Gasteiger partial charge on any atom is 0.409 e. The molecule has 0 atom stereocenters. The van der Waals surface area contributed by atoms with Gasteiger partial charge in [-0.1, -0.05) is 19.9 Å². The van der Waals surface area contributed by atoms with Gasteiger partial charge in [0.2, 0.25) is 15.5 Å². The lowest BCUT2D eigenvalue weighted by molar-refractivity contribution is 0.0569. The Hall–Kier alpha value is -3.18. The minimum atomic E-state index is -3.79. The van der Waals surface area contributed by atoms with Crippen LogP contribution in [0.2, 0.25) is 0 Å². The van der Waals surface area contributed by atoms with Crippen molar-refractivity contribution in [2.75, 3.05) is 45.9 Å². The summed E-state index contributed by atoms with van der Waals surface area (Å²) < 4.78 is 34.1. The molecule has 1 aromatic carbocycles. The van der Waals surface area contributed by atoms with Gasteiger partial charge in [0, 0.05) is 57.4 Å². The van der Waals surface area contributed by atoms with E-state index in [-0.39, 0.29) is 35.5 Å². The molecule has 2 amide bonds. The highest BCUT2D eigenvalue weighted by Crippen LogP contribution is 2.22. The number of rotatable bonds is 8. The number of allylic oxidation sites excluding steroid dienone is 1. The summed E-state index contributed by atoms with van der Waals surface area (Å²) in [5, 5.41) is 0.149. The normalized spacial score (nSPS) is 14.4. The average Bonchev–Trinajstić information content (AvgIpc) is 2.86. The third-order valence-corrected chi connectivity index (χ3v) is 8.09. The smallest absolute Gasteiger partial charge is 0.409 e. The first-order chi connectivity index (χ1) is 16.7. The highest BCUT2D eigenvalue weighted by Gasteiger charge is 2.28. The summed E-state index contributed by atoms with van der Waals surface area (Å²) in [6.07, 6.45) is 2.70. The number of aromatic nitrogens is 1. The fourth-order valence-electron chi connectivity index (χ4n) is 4.17. The van der Waals surface area contributed by atoms with E-state index in [1.807, 2.05) is 0 Å². The van der Waals surface area contributed by atoms with Gasteiger partial charge in [0.25, 0.3) is 5.91 Å². The van der Waals surface area contributed by atoms with Crippen LogP contribution in [0.5, 0.6) is 0 Å². The zero-order chi connectivity index (χ0) is 25.8. The number of amides is 2. The first kappa shape index (κ1) is 26.4. The number of carbonyl (C=O) groups is 2. The van der Waals surface area contributed by atoms with Gasteiger partial charge in [-0.25, -0.2) is 13.2 Å². The van der Waals surface area contributed by atoms with Crippen molar-refractivity contribution < 1.29 is 22.7 Å². The van der Waals surface area contributed by atoms with Crippen molar-refractivity contribution in [1.82, 2.24) is 18.7 Å². The summed E-state index contributed by atoms with van der Waals surface area (Å²) >= 11 is 0. The van der Waals surface area contributed by atoms with E-state index in [0.29, 0.717) is 38.2 Å². The summed E-state index contributed by atoms with van der Waals surface area (Å²) in [5.74, 6) is -0.463. The van der Waals surface area contributed by atoms with Gasteiger partial charge in [0.1, 0.15) is 5.56 Å². The monoisotopic (exact) mass is 504 g/mol. The second-order valence-electron chi connectivity index (χ2n) is 8.06. The molecule has 1 fully saturated rings. The number of hydrogen-bond donors (Lipinski definition) is 0. The SMILES string of the molecule is C=CCn1cc(C(=O)N2CCN(C(=O)OCC)CC2)c(=O)c2cc(S(=O)(=O)N(CC)CC)ccc21. The molecule has 0 radical (unpaired) electrons. The van der Waals surface area contributed by atoms with Crippen molar-refractivity contribution in [3.8, 4) is 0 Å². The van der Waals surface area contributed by atoms with Crippen LogP contribution < -0.4 is 5.43 Å². The van der Waals surface area contributed by atoms with Gasteiger partial charge in [-0.3, -0.25) is 9.59 Å². The second-order valence-corrected chi connectivity index (χ2v) is 10.00. The largest absolute Gasteiger partial charge is 0.450 e. The number of fused-ring (bicyclic) bond motifs is 1. The van der Waals surface area contributed by atoms with E-state index in [1.54, 1.807) is 37.5 Å². The Labute approximate surface area is 205 Å². The van der Waals surface area contributed by atoms with Crippen molar-refractivity contribution >= 4 is 32.9 Å². The lowest BCUT2D eigenvalue weighted by Gasteiger charge is -2.34. The van der Waals surface area contributed by atoms with Crippen LogP contribution in [0.25, 0.3) is 10.9 Å². The van der Waals surface area contributed by atoms with Crippen LogP contribution in [0.15, 0.2) is 46.7 Å². The minimum absolute atomic E-state index is 0.00334. The molecule has 35 heavy (non-hydrogen) atoms. The number of benzene rings is 1. The van der Waals surface area contributed by atoms with E-state index in [9.17, 15) is 22.8 Å². The van der Waals surface area contributed by atoms with Crippen LogP contribution in [0, 0.1) is 0 Å². The molecule has 0 spiro atoms. The summed E-state index contributed by atoms with van der Waals surface area (Å²) in [7, 11) is -3.79. The van der Waals surface area contributed by atoms with E-state index >= 15 is 0 Å². The van der Waals surface area contributed by atoms with Crippen molar-refractivity contribution in [3.05, 3.63) is 52.8 Å². The predicted molar refractivity (Wildman–Crippen MR) is 133 cm³/mol. The van der Waals surface area contributed by atoms with Crippen LogP contribution >= 0.6 is 0 Å². The average molecular weight is 505 g/mol. The molecule has 0 aliphatic carbocycles. The van der Waals surface area contributed by atoms with Crippen LogP contribution in [0.1, 0.15) is 31.1 Å². The van der Waals surface area contributed by atoms with E-state index in [2.05, 4.69) is 6.58 Å². The van der Waals surface area contributed by atoms with Crippen molar-refractivity contribution in [2.45, 2.75) is 32.2 Å². The highest BCUT2D eigenvalue weighted by atomic mass is 32.2. The Morgan fingerprint density at radius 1 is 1.09 bits per heavy atom. The molecule has 1 saturated heterocycles. The standard InChI is InChI=1S/C24H32N4O6S/c1-5-11-27-17-20(23(30)25-12-14-26(15-13-25)24(31)34-8-4)22(29)19-16-18(9-10-21(19)27)35(32,33)28(6-2)7-3/h5,9-10,16-17H,1,6-8,11-15H2,2-4H3. The number of hydrogen-bond acceptors (Lipinski definition) is 6. The summed E-state index contributed by atoms with van der Waals surface area (Å²) in [4.78, 5) is 41.8. The highest BCUT2D eigenvalue weighted by molar-refractivity contribution is 7.89. The van der Waals surface area contributed by atoms with E-state index < -0.39 is 27.5 Å². The molecule has 0 N–H and O–H groups in total. The van der Waals surface area contributed by atoms with Crippen LogP contribution in [0.3, 0.4) is 0 Å². The first-order valence-corrected chi connectivity index (χ1v) is 13.1. The molecule has 1 aliphatic heterocycles. The predicted octanol–water partition coefficient (Wildman–Crippen LogP) is 2.13. The van der Waals surface area contributed by atoms with Gasteiger partial charge in [-0.15, -0.1) is 6.58 Å². The Bertz CT molecular complexity index is 1270.